The van der Waals surface area contributed by atoms with E-state index < -0.39 is 5.54 Å². The summed E-state index contributed by atoms with van der Waals surface area (Å²) in [7, 11) is 3.62. The molecule has 0 heterocycles. The smallest absolute Gasteiger partial charge is 0.123 e. The molecule has 3 nitrogen and oxygen atoms in total. The van der Waals surface area contributed by atoms with Crippen LogP contribution in [0.3, 0.4) is 0 Å². The quantitative estimate of drug-likeness (QED) is 0.801. The maximum absolute atomic E-state index is 9.10. The van der Waals surface area contributed by atoms with Crippen molar-refractivity contribution >= 4 is 0 Å². The molecule has 0 amide bonds. The Morgan fingerprint density at radius 2 is 2.06 bits per heavy atom. The van der Waals surface area contributed by atoms with E-state index in [1.54, 1.807) is 7.11 Å². The average molecular weight is 232 g/mol. The molecule has 0 spiro atoms. The van der Waals surface area contributed by atoms with Crippen molar-refractivity contribution in [3.8, 4) is 11.8 Å². The first-order valence-electron chi connectivity index (χ1n) is 5.66. The largest absolute Gasteiger partial charge is 0.496 e. The summed E-state index contributed by atoms with van der Waals surface area (Å²) in [6, 6.07) is 8.39. The molecular formula is C14H20N2O. The Labute approximate surface area is 104 Å². The average Bonchev–Trinajstić information content (AvgIpc) is 2.29. The highest BCUT2D eigenvalue weighted by molar-refractivity contribution is 5.37. The van der Waals surface area contributed by atoms with Gasteiger partial charge in [0.1, 0.15) is 11.3 Å². The van der Waals surface area contributed by atoms with Crippen LogP contribution in [0.1, 0.15) is 25.0 Å². The van der Waals surface area contributed by atoms with E-state index in [0.717, 1.165) is 11.3 Å². The van der Waals surface area contributed by atoms with Gasteiger partial charge < -0.3 is 4.74 Å². The van der Waals surface area contributed by atoms with E-state index >= 15 is 0 Å². The highest BCUT2D eigenvalue weighted by Crippen LogP contribution is 2.23. The minimum Gasteiger partial charge on any atom is -0.496 e. The normalized spacial score (nSPS) is 11.4. The third-order valence-corrected chi connectivity index (χ3v) is 3.07. The molecule has 0 aliphatic heterocycles. The van der Waals surface area contributed by atoms with Crippen LogP contribution in [0.2, 0.25) is 0 Å². The van der Waals surface area contributed by atoms with Gasteiger partial charge in [-0.25, -0.2) is 0 Å². The lowest BCUT2D eigenvalue weighted by molar-refractivity contribution is 0.200. The SMILES string of the molecule is COc1ccc(C)cc1CN(C)C(C)(C)C#N. The molecule has 0 N–H and O–H groups in total. The molecular weight excluding hydrogens is 212 g/mol. The van der Waals surface area contributed by atoms with Crippen LogP contribution in [0.4, 0.5) is 0 Å². The number of nitriles is 1. The van der Waals surface area contributed by atoms with Crippen molar-refractivity contribution < 1.29 is 4.74 Å². The highest BCUT2D eigenvalue weighted by Gasteiger charge is 2.23. The van der Waals surface area contributed by atoms with E-state index in [4.69, 9.17) is 10.00 Å². The van der Waals surface area contributed by atoms with Crippen LogP contribution in [-0.4, -0.2) is 24.6 Å². The molecule has 0 bridgehead atoms. The molecule has 0 aliphatic carbocycles. The summed E-state index contributed by atoms with van der Waals surface area (Å²) in [6.45, 7) is 6.58. The van der Waals surface area contributed by atoms with E-state index in [0.29, 0.717) is 6.54 Å². The van der Waals surface area contributed by atoms with Gasteiger partial charge in [0.2, 0.25) is 0 Å². The van der Waals surface area contributed by atoms with Crippen molar-refractivity contribution in [2.24, 2.45) is 0 Å². The fraction of sp³-hybridized carbons (Fsp3) is 0.500. The van der Waals surface area contributed by atoms with Crippen molar-refractivity contribution in [1.29, 1.82) is 5.26 Å². The van der Waals surface area contributed by atoms with Gasteiger partial charge in [-0.2, -0.15) is 5.26 Å². The van der Waals surface area contributed by atoms with Crippen molar-refractivity contribution in [3.63, 3.8) is 0 Å². The number of aryl methyl sites for hydroxylation is 1. The number of benzene rings is 1. The molecule has 0 atom stereocenters. The zero-order valence-corrected chi connectivity index (χ0v) is 11.2. The predicted molar refractivity (Wildman–Crippen MR) is 68.9 cm³/mol. The van der Waals surface area contributed by atoms with Gasteiger partial charge in [-0.3, -0.25) is 4.90 Å². The standard InChI is InChI=1S/C14H20N2O/c1-11-6-7-13(17-5)12(8-11)9-16(4)14(2,3)10-15/h6-8H,9H2,1-5H3. The van der Waals surface area contributed by atoms with Gasteiger partial charge >= 0.3 is 0 Å². The highest BCUT2D eigenvalue weighted by atomic mass is 16.5. The second-order valence-corrected chi connectivity index (χ2v) is 4.84. The van der Waals surface area contributed by atoms with E-state index in [1.807, 2.05) is 37.9 Å². The van der Waals surface area contributed by atoms with Crippen LogP contribution in [0.15, 0.2) is 18.2 Å². The Morgan fingerprint density at radius 3 is 2.59 bits per heavy atom. The summed E-state index contributed by atoms with van der Waals surface area (Å²) in [5, 5.41) is 9.10. The third kappa shape index (κ3) is 3.21. The van der Waals surface area contributed by atoms with Gasteiger partial charge in [-0.1, -0.05) is 17.7 Å². The lowest BCUT2D eigenvalue weighted by atomic mass is 10.0. The summed E-state index contributed by atoms with van der Waals surface area (Å²) in [5.41, 5.74) is 1.83. The summed E-state index contributed by atoms with van der Waals surface area (Å²) in [5.74, 6) is 0.871. The van der Waals surface area contributed by atoms with Crippen LogP contribution in [0.5, 0.6) is 5.75 Å². The number of methoxy groups -OCH3 is 1. The molecule has 0 aromatic heterocycles. The van der Waals surface area contributed by atoms with E-state index in [-0.39, 0.29) is 0 Å². The molecule has 0 saturated heterocycles. The van der Waals surface area contributed by atoms with Gasteiger partial charge in [0, 0.05) is 12.1 Å². The van der Waals surface area contributed by atoms with Gasteiger partial charge in [0.05, 0.1) is 13.2 Å². The number of rotatable bonds is 4. The number of nitrogens with zero attached hydrogens (tertiary/aromatic N) is 2. The molecule has 0 saturated carbocycles. The van der Waals surface area contributed by atoms with Crippen LogP contribution in [-0.2, 0) is 6.54 Å². The van der Waals surface area contributed by atoms with Crippen molar-refractivity contribution in [2.75, 3.05) is 14.2 Å². The van der Waals surface area contributed by atoms with Crippen molar-refractivity contribution in [1.82, 2.24) is 4.90 Å². The topological polar surface area (TPSA) is 36.3 Å². The molecule has 3 heteroatoms. The van der Waals surface area contributed by atoms with Crippen LogP contribution >= 0.6 is 0 Å². The van der Waals surface area contributed by atoms with Crippen molar-refractivity contribution in [3.05, 3.63) is 29.3 Å². The first kappa shape index (κ1) is 13.5. The zero-order chi connectivity index (χ0) is 13.1. The molecule has 0 fully saturated rings. The van der Waals surface area contributed by atoms with Crippen molar-refractivity contribution in [2.45, 2.75) is 32.9 Å². The molecule has 0 aliphatic rings. The monoisotopic (exact) mass is 232 g/mol. The number of ether oxygens (including phenoxy) is 1. The fourth-order valence-corrected chi connectivity index (χ4v) is 1.57. The van der Waals surface area contributed by atoms with E-state index in [9.17, 15) is 0 Å². The summed E-state index contributed by atoms with van der Waals surface area (Å²) in [6.07, 6.45) is 0. The minimum atomic E-state index is -0.477. The number of hydrogen-bond acceptors (Lipinski definition) is 3. The Balaban J connectivity index is 2.95. The van der Waals surface area contributed by atoms with Gasteiger partial charge in [-0.15, -0.1) is 0 Å². The molecule has 1 aromatic carbocycles. The maximum atomic E-state index is 9.10. The first-order valence-corrected chi connectivity index (χ1v) is 5.66. The Morgan fingerprint density at radius 1 is 1.41 bits per heavy atom. The summed E-state index contributed by atoms with van der Waals surface area (Å²) in [4.78, 5) is 2.02. The molecule has 1 aromatic rings. The second-order valence-electron chi connectivity index (χ2n) is 4.84. The fourth-order valence-electron chi connectivity index (χ4n) is 1.57. The summed E-state index contributed by atoms with van der Waals surface area (Å²) < 4.78 is 5.34. The first-order chi connectivity index (χ1) is 7.90. The molecule has 1 rings (SSSR count). The molecule has 0 radical (unpaired) electrons. The predicted octanol–water partition coefficient (Wildman–Crippen LogP) is 2.74. The molecule has 17 heavy (non-hydrogen) atoms. The Bertz CT molecular complexity index is 432. The maximum Gasteiger partial charge on any atom is 0.123 e. The summed E-state index contributed by atoms with van der Waals surface area (Å²) >= 11 is 0. The Kier molecular flexibility index (Phi) is 4.14. The van der Waals surface area contributed by atoms with Gasteiger partial charge in [0.15, 0.2) is 0 Å². The Hall–Kier alpha value is -1.53. The minimum absolute atomic E-state index is 0.477. The molecule has 0 unspecified atom stereocenters. The third-order valence-electron chi connectivity index (χ3n) is 3.07. The van der Waals surface area contributed by atoms with Crippen LogP contribution < -0.4 is 4.74 Å². The van der Waals surface area contributed by atoms with Crippen LogP contribution in [0.25, 0.3) is 0 Å². The molecule has 92 valence electrons. The lowest BCUT2D eigenvalue weighted by Crippen LogP contribution is -2.39. The number of hydrogen-bond donors (Lipinski definition) is 0. The lowest BCUT2D eigenvalue weighted by Gasteiger charge is -2.29. The zero-order valence-electron chi connectivity index (χ0n) is 11.2. The van der Waals surface area contributed by atoms with Gasteiger partial charge in [0.25, 0.3) is 0 Å². The van der Waals surface area contributed by atoms with E-state index in [1.165, 1.54) is 5.56 Å². The van der Waals surface area contributed by atoms with E-state index in [2.05, 4.69) is 19.1 Å². The van der Waals surface area contributed by atoms with Gasteiger partial charge in [-0.05, 0) is 33.9 Å². The van der Waals surface area contributed by atoms with Crippen LogP contribution in [0, 0.1) is 18.3 Å². The second kappa shape index (κ2) is 5.20.